The number of halogens is 1. The highest BCUT2D eigenvalue weighted by atomic mass is 35.5. The summed E-state index contributed by atoms with van der Waals surface area (Å²) in [6.45, 7) is 8.80. The maximum Gasteiger partial charge on any atom is 0.138 e. The molecule has 1 fully saturated rings. The summed E-state index contributed by atoms with van der Waals surface area (Å²) in [5.74, 6) is 1.68. The van der Waals surface area contributed by atoms with E-state index in [9.17, 15) is 0 Å². The lowest BCUT2D eigenvalue weighted by Gasteiger charge is -2.27. The Morgan fingerprint density at radius 2 is 2.28 bits per heavy atom. The summed E-state index contributed by atoms with van der Waals surface area (Å²) in [5, 5.41) is 0.711. The van der Waals surface area contributed by atoms with Gasteiger partial charge in [0.25, 0.3) is 0 Å². The van der Waals surface area contributed by atoms with E-state index in [-0.39, 0.29) is 0 Å². The molecule has 0 spiro atoms. The Balaban J connectivity index is 1.79. The van der Waals surface area contributed by atoms with Gasteiger partial charge in [0.05, 0.1) is 18.1 Å². The van der Waals surface area contributed by atoms with Gasteiger partial charge in [-0.2, -0.15) is 0 Å². The van der Waals surface area contributed by atoms with E-state index in [0.717, 1.165) is 24.8 Å². The normalized spacial score (nSPS) is 23.9. The van der Waals surface area contributed by atoms with E-state index in [1.54, 1.807) is 4.90 Å². The Labute approximate surface area is 115 Å². The first-order valence-corrected chi connectivity index (χ1v) is 7.25. The lowest BCUT2D eigenvalue weighted by molar-refractivity contribution is -0.908. The second kappa shape index (κ2) is 6.44. The molecule has 18 heavy (non-hydrogen) atoms. The van der Waals surface area contributed by atoms with Crippen LogP contribution in [0.1, 0.15) is 25.3 Å². The van der Waals surface area contributed by atoms with Gasteiger partial charge in [-0.05, 0) is 37.5 Å². The highest BCUT2D eigenvalue weighted by Gasteiger charge is 2.19. The molecule has 1 aromatic rings. The van der Waals surface area contributed by atoms with Crippen LogP contribution in [0.3, 0.4) is 0 Å². The fourth-order valence-corrected chi connectivity index (χ4v) is 2.82. The number of quaternary nitrogens is 1. The van der Waals surface area contributed by atoms with E-state index in [1.807, 2.05) is 18.2 Å². The first-order chi connectivity index (χ1) is 8.65. The van der Waals surface area contributed by atoms with E-state index >= 15 is 0 Å². The lowest BCUT2D eigenvalue weighted by Crippen LogP contribution is -3.14. The molecule has 2 nitrogen and oxygen atoms in total. The van der Waals surface area contributed by atoms with Crippen LogP contribution in [0.15, 0.2) is 18.2 Å². The Morgan fingerprint density at radius 1 is 1.44 bits per heavy atom. The molecule has 1 aliphatic heterocycles. The minimum absolute atomic E-state index is 0.711. The average Bonchev–Trinajstić information content (AvgIpc) is 2.34. The summed E-state index contributed by atoms with van der Waals surface area (Å²) in [6, 6.07) is 5.92. The van der Waals surface area contributed by atoms with Crippen LogP contribution in [0.4, 0.5) is 0 Å². The molecule has 2 rings (SSSR count). The van der Waals surface area contributed by atoms with E-state index in [1.165, 1.54) is 31.5 Å². The fraction of sp³-hybridized carbons (Fsp3) is 0.600. The predicted molar refractivity (Wildman–Crippen MR) is 75.6 cm³/mol. The van der Waals surface area contributed by atoms with E-state index in [0.29, 0.717) is 5.02 Å². The monoisotopic (exact) mass is 268 g/mol. The first-order valence-electron chi connectivity index (χ1n) is 6.87. The number of hydrogen-bond donors (Lipinski definition) is 1. The van der Waals surface area contributed by atoms with Gasteiger partial charge in [-0.25, -0.2) is 0 Å². The van der Waals surface area contributed by atoms with Gasteiger partial charge in [-0.1, -0.05) is 24.6 Å². The van der Waals surface area contributed by atoms with Crippen molar-refractivity contribution in [2.75, 3.05) is 26.2 Å². The highest BCUT2D eigenvalue weighted by molar-refractivity contribution is 6.32. The molecule has 1 aliphatic rings. The molecule has 2 atom stereocenters. The molecule has 0 aromatic heterocycles. The van der Waals surface area contributed by atoms with Gasteiger partial charge >= 0.3 is 0 Å². The topological polar surface area (TPSA) is 13.7 Å². The molecule has 3 heteroatoms. The summed E-state index contributed by atoms with van der Waals surface area (Å²) < 4.78 is 5.80. The minimum atomic E-state index is 0.711. The van der Waals surface area contributed by atoms with E-state index in [2.05, 4.69) is 13.8 Å². The molecular weight excluding hydrogens is 246 g/mol. The molecule has 1 aromatic carbocycles. The van der Waals surface area contributed by atoms with Crippen LogP contribution in [0.25, 0.3) is 0 Å². The molecule has 0 radical (unpaired) electrons. The van der Waals surface area contributed by atoms with Crippen LogP contribution < -0.4 is 9.64 Å². The summed E-state index contributed by atoms with van der Waals surface area (Å²) in [5.41, 5.74) is 1.19. The number of piperidine rings is 1. The van der Waals surface area contributed by atoms with Gasteiger partial charge in [0.15, 0.2) is 0 Å². The van der Waals surface area contributed by atoms with Gasteiger partial charge in [0.1, 0.15) is 18.9 Å². The Morgan fingerprint density at radius 3 is 3.06 bits per heavy atom. The molecule has 0 amide bonds. The van der Waals surface area contributed by atoms with Crippen LogP contribution in [-0.4, -0.2) is 26.2 Å². The molecular formula is C15H23ClNO+. The van der Waals surface area contributed by atoms with Gasteiger partial charge < -0.3 is 9.64 Å². The summed E-state index contributed by atoms with van der Waals surface area (Å²) in [4.78, 5) is 1.66. The largest absolute Gasteiger partial charge is 0.486 e. The molecule has 1 N–H and O–H groups in total. The summed E-state index contributed by atoms with van der Waals surface area (Å²) in [6.07, 6.45) is 2.73. The van der Waals surface area contributed by atoms with Gasteiger partial charge in [-0.15, -0.1) is 0 Å². The zero-order valence-corrected chi connectivity index (χ0v) is 12.1. The Bertz CT molecular complexity index is 394. The van der Waals surface area contributed by atoms with Crippen molar-refractivity contribution in [1.82, 2.24) is 0 Å². The fourth-order valence-electron chi connectivity index (χ4n) is 2.65. The molecule has 1 unspecified atom stereocenters. The SMILES string of the molecule is Cc1ccc(Cl)c(OCC[NH+]2CCC[C@@H](C)C2)c1. The Kier molecular flexibility index (Phi) is 4.90. The highest BCUT2D eigenvalue weighted by Crippen LogP contribution is 2.24. The molecule has 0 bridgehead atoms. The average molecular weight is 269 g/mol. The van der Waals surface area contributed by atoms with Crippen LogP contribution in [0, 0.1) is 12.8 Å². The van der Waals surface area contributed by atoms with Crippen molar-refractivity contribution in [3.8, 4) is 5.75 Å². The van der Waals surface area contributed by atoms with Crippen LogP contribution >= 0.6 is 11.6 Å². The zero-order valence-electron chi connectivity index (χ0n) is 11.3. The molecule has 0 saturated carbocycles. The number of benzene rings is 1. The third-order valence-corrected chi connectivity index (χ3v) is 3.98. The van der Waals surface area contributed by atoms with Crippen molar-refractivity contribution >= 4 is 11.6 Å². The van der Waals surface area contributed by atoms with E-state index < -0.39 is 0 Å². The smallest absolute Gasteiger partial charge is 0.138 e. The van der Waals surface area contributed by atoms with Gasteiger partial charge in [-0.3, -0.25) is 0 Å². The third kappa shape index (κ3) is 3.89. The number of likely N-dealkylation sites (tertiary alicyclic amines) is 1. The number of aryl methyl sites for hydroxylation is 1. The lowest BCUT2D eigenvalue weighted by atomic mass is 10.0. The van der Waals surface area contributed by atoms with Crippen molar-refractivity contribution in [3.05, 3.63) is 28.8 Å². The predicted octanol–water partition coefficient (Wildman–Crippen LogP) is 2.34. The molecule has 1 saturated heterocycles. The number of ether oxygens (including phenoxy) is 1. The Hall–Kier alpha value is -0.730. The van der Waals surface area contributed by atoms with Crippen LogP contribution in [0.2, 0.25) is 5.02 Å². The standard InChI is InChI=1S/C15H22ClNO/c1-12-5-6-14(16)15(10-12)18-9-8-17-7-3-4-13(2)11-17/h5-6,10,13H,3-4,7-9,11H2,1-2H3/p+1/t13-/m1/s1. The second-order valence-corrected chi connectivity index (χ2v) is 5.89. The van der Waals surface area contributed by atoms with Crippen molar-refractivity contribution in [2.45, 2.75) is 26.7 Å². The van der Waals surface area contributed by atoms with Crippen molar-refractivity contribution < 1.29 is 9.64 Å². The van der Waals surface area contributed by atoms with Crippen molar-refractivity contribution in [2.24, 2.45) is 5.92 Å². The first kappa shape index (κ1) is 13.7. The number of rotatable bonds is 4. The van der Waals surface area contributed by atoms with Crippen LogP contribution in [0.5, 0.6) is 5.75 Å². The van der Waals surface area contributed by atoms with Gasteiger partial charge in [0.2, 0.25) is 0 Å². The van der Waals surface area contributed by atoms with Gasteiger partial charge in [0, 0.05) is 5.92 Å². The summed E-state index contributed by atoms with van der Waals surface area (Å²) in [7, 11) is 0. The quantitative estimate of drug-likeness (QED) is 0.885. The maximum atomic E-state index is 6.11. The molecule has 1 heterocycles. The van der Waals surface area contributed by atoms with Crippen molar-refractivity contribution in [1.29, 1.82) is 0 Å². The van der Waals surface area contributed by atoms with Crippen LogP contribution in [-0.2, 0) is 0 Å². The summed E-state index contributed by atoms with van der Waals surface area (Å²) >= 11 is 6.11. The number of nitrogens with one attached hydrogen (secondary N) is 1. The van der Waals surface area contributed by atoms with E-state index in [4.69, 9.17) is 16.3 Å². The zero-order chi connectivity index (χ0) is 13.0. The van der Waals surface area contributed by atoms with Crippen molar-refractivity contribution in [3.63, 3.8) is 0 Å². The second-order valence-electron chi connectivity index (χ2n) is 5.48. The number of hydrogen-bond acceptors (Lipinski definition) is 1. The maximum absolute atomic E-state index is 6.11. The molecule has 0 aliphatic carbocycles. The minimum Gasteiger partial charge on any atom is -0.486 e. The third-order valence-electron chi connectivity index (χ3n) is 3.66. The molecule has 100 valence electrons.